The molecule has 3 heteroatoms. The van der Waals surface area contributed by atoms with Gasteiger partial charge in [0.05, 0.1) is 0 Å². The van der Waals surface area contributed by atoms with Crippen molar-refractivity contribution in [3.8, 4) is 5.75 Å². The van der Waals surface area contributed by atoms with Gasteiger partial charge in [-0.25, -0.2) is 0 Å². The largest absolute Gasteiger partial charge is 0.489 e. The Labute approximate surface area is 106 Å². The van der Waals surface area contributed by atoms with Crippen molar-refractivity contribution in [2.75, 3.05) is 5.73 Å². The Hall–Kier alpha value is -1.67. The summed E-state index contributed by atoms with van der Waals surface area (Å²) in [5.74, 6) is 0.811. The third kappa shape index (κ3) is 3.14. The number of ether oxygens (including phenoxy) is 1. The van der Waals surface area contributed by atoms with E-state index in [9.17, 15) is 0 Å². The fourth-order valence-corrected chi connectivity index (χ4v) is 1.70. The summed E-state index contributed by atoms with van der Waals surface area (Å²) in [5, 5.41) is 0.709. The number of aryl methyl sites for hydroxylation is 1. The third-order valence-electron chi connectivity index (χ3n) is 2.57. The van der Waals surface area contributed by atoms with Crippen LogP contribution in [0.25, 0.3) is 0 Å². The van der Waals surface area contributed by atoms with Crippen molar-refractivity contribution in [1.82, 2.24) is 0 Å². The van der Waals surface area contributed by atoms with Gasteiger partial charge in [0, 0.05) is 10.7 Å². The van der Waals surface area contributed by atoms with E-state index in [1.165, 1.54) is 0 Å². The molecule has 0 bridgehead atoms. The van der Waals surface area contributed by atoms with Gasteiger partial charge in [-0.2, -0.15) is 0 Å². The minimum atomic E-state index is 0.535. The molecule has 0 heterocycles. The van der Waals surface area contributed by atoms with Gasteiger partial charge in [0.1, 0.15) is 12.4 Å². The van der Waals surface area contributed by atoms with E-state index in [2.05, 4.69) is 0 Å². The lowest BCUT2D eigenvalue weighted by Gasteiger charge is -2.09. The van der Waals surface area contributed by atoms with E-state index in [0.29, 0.717) is 11.6 Å². The number of benzene rings is 2. The molecule has 2 aromatic rings. The molecule has 0 fully saturated rings. The molecule has 0 amide bonds. The summed E-state index contributed by atoms with van der Waals surface area (Å²) in [5.41, 5.74) is 8.74. The molecule has 0 spiro atoms. The van der Waals surface area contributed by atoms with Crippen LogP contribution in [0.4, 0.5) is 5.69 Å². The summed E-state index contributed by atoms with van der Waals surface area (Å²) in [6.07, 6.45) is 0. The van der Waals surface area contributed by atoms with Crippen LogP contribution in [0.15, 0.2) is 42.5 Å². The summed E-state index contributed by atoms with van der Waals surface area (Å²) in [6.45, 7) is 2.56. The van der Waals surface area contributed by atoms with E-state index in [4.69, 9.17) is 22.1 Å². The second-order valence-electron chi connectivity index (χ2n) is 3.93. The minimum absolute atomic E-state index is 0.535. The zero-order valence-electron chi connectivity index (χ0n) is 9.61. The highest BCUT2D eigenvalue weighted by Gasteiger charge is 2.00. The van der Waals surface area contributed by atoms with E-state index >= 15 is 0 Å². The zero-order chi connectivity index (χ0) is 12.3. The smallest absolute Gasteiger partial charge is 0.119 e. The number of rotatable bonds is 3. The van der Waals surface area contributed by atoms with E-state index in [-0.39, 0.29) is 0 Å². The van der Waals surface area contributed by atoms with Crippen LogP contribution in [0.2, 0.25) is 5.02 Å². The zero-order valence-corrected chi connectivity index (χ0v) is 10.4. The monoisotopic (exact) mass is 247 g/mol. The van der Waals surface area contributed by atoms with E-state index < -0.39 is 0 Å². The Kier molecular flexibility index (Phi) is 3.55. The standard InChI is InChI=1S/C14H14ClNO/c1-10-8-13(16)5-2-11(10)9-17-14-6-3-12(15)4-7-14/h2-8H,9,16H2,1H3. The van der Waals surface area contributed by atoms with Crippen LogP contribution < -0.4 is 10.5 Å². The lowest BCUT2D eigenvalue weighted by atomic mass is 10.1. The first kappa shape index (κ1) is 11.8. The predicted molar refractivity (Wildman–Crippen MR) is 71.4 cm³/mol. The molecule has 88 valence electrons. The lowest BCUT2D eigenvalue weighted by Crippen LogP contribution is -1.98. The third-order valence-corrected chi connectivity index (χ3v) is 2.83. The van der Waals surface area contributed by atoms with Gasteiger partial charge in [0.15, 0.2) is 0 Å². The molecule has 17 heavy (non-hydrogen) atoms. The molecule has 0 saturated carbocycles. The van der Waals surface area contributed by atoms with Crippen molar-refractivity contribution in [1.29, 1.82) is 0 Å². The van der Waals surface area contributed by atoms with Crippen LogP contribution in [-0.2, 0) is 6.61 Å². The van der Waals surface area contributed by atoms with Crippen molar-refractivity contribution in [3.63, 3.8) is 0 Å². The molecule has 0 unspecified atom stereocenters. The summed E-state index contributed by atoms with van der Waals surface area (Å²) < 4.78 is 5.67. The minimum Gasteiger partial charge on any atom is -0.489 e. The number of nitrogen functional groups attached to an aromatic ring is 1. The molecule has 0 atom stereocenters. The molecule has 2 aromatic carbocycles. The number of halogens is 1. The predicted octanol–water partition coefficient (Wildman–Crippen LogP) is 3.81. The van der Waals surface area contributed by atoms with Gasteiger partial charge in [-0.1, -0.05) is 17.7 Å². The maximum absolute atomic E-state index is 5.80. The number of hydrogen-bond donors (Lipinski definition) is 1. The maximum Gasteiger partial charge on any atom is 0.119 e. The van der Waals surface area contributed by atoms with E-state index in [0.717, 1.165) is 22.6 Å². The molecular formula is C14H14ClNO. The van der Waals surface area contributed by atoms with Crippen molar-refractivity contribution in [3.05, 3.63) is 58.6 Å². The second kappa shape index (κ2) is 5.11. The van der Waals surface area contributed by atoms with E-state index in [1.807, 2.05) is 49.4 Å². The number of hydrogen-bond acceptors (Lipinski definition) is 2. The Morgan fingerprint density at radius 3 is 2.47 bits per heavy atom. The van der Waals surface area contributed by atoms with Crippen LogP contribution >= 0.6 is 11.6 Å². The summed E-state index contributed by atoms with van der Waals surface area (Å²) in [7, 11) is 0. The molecular weight excluding hydrogens is 234 g/mol. The summed E-state index contributed by atoms with van der Waals surface area (Å²) in [6, 6.07) is 13.2. The Morgan fingerprint density at radius 2 is 1.82 bits per heavy atom. The lowest BCUT2D eigenvalue weighted by molar-refractivity contribution is 0.305. The van der Waals surface area contributed by atoms with Crippen molar-refractivity contribution >= 4 is 17.3 Å². The fraction of sp³-hybridized carbons (Fsp3) is 0.143. The summed E-state index contributed by atoms with van der Waals surface area (Å²) in [4.78, 5) is 0. The topological polar surface area (TPSA) is 35.2 Å². The molecule has 0 aliphatic heterocycles. The molecule has 0 aromatic heterocycles. The second-order valence-corrected chi connectivity index (χ2v) is 4.36. The average Bonchev–Trinajstić information content (AvgIpc) is 2.30. The fourth-order valence-electron chi connectivity index (χ4n) is 1.57. The van der Waals surface area contributed by atoms with Gasteiger partial charge in [-0.05, 0) is 54.4 Å². The SMILES string of the molecule is Cc1cc(N)ccc1COc1ccc(Cl)cc1. The van der Waals surface area contributed by atoms with Crippen molar-refractivity contribution < 1.29 is 4.74 Å². The highest BCUT2D eigenvalue weighted by molar-refractivity contribution is 6.30. The number of nitrogens with two attached hydrogens (primary N) is 1. The van der Waals surface area contributed by atoms with Crippen LogP contribution in [-0.4, -0.2) is 0 Å². The van der Waals surface area contributed by atoms with Crippen molar-refractivity contribution in [2.45, 2.75) is 13.5 Å². The molecule has 2 N–H and O–H groups in total. The highest BCUT2D eigenvalue weighted by Crippen LogP contribution is 2.18. The van der Waals surface area contributed by atoms with Crippen LogP contribution in [0.1, 0.15) is 11.1 Å². The first-order chi connectivity index (χ1) is 8.15. The first-order valence-corrected chi connectivity index (χ1v) is 5.76. The summed E-state index contributed by atoms with van der Waals surface area (Å²) >= 11 is 5.80. The van der Waals surface area contributed by atoms with Gasteiger partial charge >= 0.3 is 0 Å². The Balaban J connectivity index is 2.04. The van der Waals surface area contributed by atoms with Crippen molar-refractivity contribution in [2.24, 2.45) is 0 Å². The molecule has 0 radical (unpaired) electrons. The highest BCUT2D eigenvalue weighted by atomic mass is 35.5. The molecule has 2 rings (SSSR count). The quantitative estimate of drug-likeness (QED) is 0.837. The van der Waals surface area contributed by atoms with Crippen LogP contribution in [0.3, 0.4) is 0 Å². The van der Waals surface area contributed by atoms with Crippen LogP contribution in [0.5, 0.6) is 5.75 Å². The van der Waals surface area contributed by atoms with Crippen LogP contribution in [0, 0.1) is 6.92 Å². The van der Waals surface area contributed by atoms with E-state index in [1.54, 1.807) is 0 Å². The molecule has 2 nitrogen and oxygen atoms in total. The molecule has 0 saturated heterocycles. The Morgan fingerprint density at radius 1 is 1.12 bits per heavy atom. The first-order valence-electron chi connectivity index (χ1n) is 5.38. The van der Waals surface area contributed by atoms with Gasteiger partial charge in [-0.3, -0.25) is 0 Å². The number of anilines is 1. The maximum atomic E-state index is 5.80. The average molecular weight is 248 g/mol. The Bertz CT molecular complexity index is 508. The van der Waals surface area contributed by atoms with Gasteiger partial charge in [0.25, 0.3) is 0 Å². The van der Waals surface area contributed by atoms with Gasteiger partial charge < -0.3 is 10.5 Å². The van der Waals surface area contributed by atoms with Gasteiger partial charge in [0.2, 0.25) is 0 Å². The van der Waals surface area contributed by atoms with Gasteiger partial charge in [-0.15, -0.1) is 0 Å². The normalized spacial score (nSPS) is 10.2. The molecule has 0 aliphatic rings. The molecule has 0 aliphatic carbocycles.